The Morgan fingerprint density at radius 3 is 2.70 bits per heavy atom. The van der Waals surface area contributed by atoms with Gasteiger partial charge in [-0.3, -0.25) is 4.79 Å². The van der Waals surface area contributed by atoms with Gasteiger partial charge in [-0.15, -0.1) is 0 Å². The number of hydrogen-bond acceptors (Lipinski definition) is 6. The van der Waals surface area contributed by atoms with Crippen molar-refractivity contribution in [1.29, 1.82) is 0 Å². The van der Waals surface area contributed by atoms with Crippen LogP contribution in [0.15, 0.2) is 16.6 Å². The highest BCUT2D eigenvalue weighted by Crippen LogP contribution is 2.32. The normalized spacial score (nSPS) is 15.9. The molecule has 0 aliphatic carbocycles. The lowest BCUT2D eigenvalue weighted by Gasteiger charge is -2.31. The van der Waals surface area contributed by atoms with E-state index in [9.17, 15) is 14.0 Å². The van der Waals surface area contributed by atoms with Crippen LogP contribution in [0, 0.1) is 11.7 Å². The van der Waals surface area contributed by atoms with Gasteiger partial charge in [0, 0.05) is 19.0 Å². The van der Waals surface area contributed by atoms with Crippen molar-refractivity contribution < 1.29 is 18.7 Å². The summed E-state index contributed by atoms with van der Waals surface area (Å²) in [6.45, 7) is 8.23. The lowest BCUT2D eigenvalue weighted by molar-refractivity contribution is -0.121. The van der Waals surface area contributed by atoms with Gasteiger partial charge in [-0.1, -0.05) is 11.3 Å². The predicted octanol–water partition coefficient (Wildman–Crippen LogP) is 4.37. The zero-order chi connectivity index (χ0) is 21.9. The summed E-state index contributed by atoms with van der Waals surface area (Å²) in [7, 11) is 0. The van der Waals surface area contributed by atoms with Crippen molar-refractivity contribution in [2.24, 2.45) is 5.92 Å². The molecule has 2 amide bonds. The number of thiazole rings is 1. The van der Waals surface area contributed by atoms with Gasteiger partial charge < -0.3 is 20.3 Å². The fraction of sp³-hybridized carbons (Fsp3) is 0.550. The van der Waals surface area contributed by atoms with E-state index >= 15 is 0 Å². The van der Waals surface area contributed by atoms with Gasteiger partial charge in [0.1, 0.15) is 5.60 Å². The number of halogens is 2. The van der Waals surface area contributed by atoms with Gasteiger partial charge >= 0.3 is 6.09 Å². The van der Waals surface area contributed by atoms with Crippen molar-refractivity contribution in [3.8, 4) is 0 Å². The molecule has 2 N–H and O–H groups in total. The smallest absolute Gasteiger partial charge is 0.407 e. The average molecular weight is 501 g/mol. The van der Waals surface area contributed by atoms with E-state index < -0.39 is 11.7 Å². The third kappa shape index (κ3) is 6.12. The second-order valence-electron chi connectivity index (χ2n) is 8.26. The Morgan fingerprint density at radius 2 is 2.03 bits per heavy atom. The van der Waals surface area contributed by atoms with E-state index in [1.54, 1.807) is 12.1 Å². The molecule has 3 rings (SSSR count). The van der Waals surface area contributed by atoms with E-state index in [4.69, 9.17) is 4.74 Å². The van der Waals surface area contributed by atoms with E-state index in [0.29, 0.717) is 32.9 Å². The summed E-state index contributed by atoms with van der Waals surface area (Å²) in [6, 6.07) is 3.33. The van der Waals surface area contributed by atoms with Crippen LogP contribution in [0.2, 0.25) is 0 Å². The molecule has 1 fully saturated rings. The molecular formula is C20H26BrFN4O3S. The Morgan fingerprint density at radius 1 is 1.33 bits per heavy atom. The SMILES string of the molecule is CC(C)(C)OC(=O)NCCN1CCC(C(=O)Nc2nc3ccc(Br)c(F)c3s2)CC1. The topological polar surface area (TPSA) is 83.6 Å². The number of amides is 2. The van der Waals surface area contributed by atoms with Crippen LogP contribution in [0.25, 0.3) is 10.2 Å². The maximum Gasteiger partial charge on any atom is 0.407 e. The summed E-state index contributed by atoms with van der Waals surface area (Å²) in [4.78, 5) is 30.8. The average Bonchev–Trinajstić information content (AvgIpc) is 3.07. The molecule has 164 valence electrons. The van der Waals surface area contributed by atoms with Crippen molar-refractivity contribution in [1.82, 2.24) is 15.2 Å². The Kier molecular flexibility index (Phi) is 7.30. The molecule has 0 unspecified atom stereocenters. The third-order valence-corrected chi connectivity index (χ3v) is 6.33. The van der Waals surface area contributed by atoms with Gasteiger partial charge in [0.15, 0.2) is 10.9 Å². The zero-order valence-electron chi connectivity index (χ0n) is 17.3. The molecule has 1 aromatic heterocycles. The summed E-state index contributed by atoms with van der Waals surface area (Å²) >= 11 is 4.30. The van der Waals surface area contributed by atoms with Crippen LogP contribution >= 0.6 is 27.3 Å². The van der Waals surface area contributed by atoms with Crippen molar-refractivity contribution in [3.05, 3.63) is 22.4 Å². The van der Waals surface area contributed by atoms with Gasteiger partial charge in [-0.05, 0) is 74.8 Å². The molecule has 2 aromatic rings. The number of nitrogens with one attached hydrogen (secondary N) is 2. The standard InChI is InChI=1S/C20H26BrFN4O3S/c1-20(2,3)29-19(28)23-8-11-26-9-6-12(7-10-26)17(27)25-18-24-14-5-4-13(21)15(22)16(14)30-18/h4-5,12H,6-11H2,1-3H3,(H,23,28)(H,24,25,27). The number of benzene rings is 1. The highest BCUT2D eigenvalue weighted by molar-refractivity contribution is 9.10. The highest BCUT2D eigenvalue weighted by atomic mass is 79.9. The van der Waals surface area contributed by atoms with E-state index in [2.05, 4.69) is 36.4 Å². The maximum atomic E-state index is 14.2. The number of piperidine rings is 1. The Bertz CT molecular complexity index is 923. The quantitative estimate of drug-likeness (QED) is 0.636. The number of rotatable bonds is 5. The van der Waals surface area contributed by atoms with Crippen LogP contribution in [0.4, 0.5) is 14.3 Å². The molecule has 0 atom stereocenters. The zero-order valence-corrected chi connectivity index (χ0v) is 19.7. The van der Waals surface area contributed by atoms with E-state index in [1.807, 2.05) is 20.8 Å². The number of ether oxygens (including phenoxy) is 1. The number of alkyl carbamates (subject to hydrolysis) is 1. The summed E-state index contributed by atoms with van der Waals surface area (Å²) in [5.41, 5.74) is 0.0183. The lowest BCUT2D eigenvalue weighted by Crippen LogP contribution is -2.42. The van der Waals surface area contributed by atoms with Crippen LogP contribution in [0.5, 0.6) is 0 Å². The first-order valence-corrected chi connectivity index (χ1v) is 11.5. The maximum absolute atomic E-state index is 14.2. The summed E-state index contributed by atoms with van der Waals surface area (Å²) in [5, 5.41) is 6.00. The van der Waals surface area contributed by atoms with Crippen LogP contribution in [0.3, 0.4) is 0 Å². The summed E-state index contributed by atoms with van der Waals surface area (Å²) in [6.07, 6.45) is 1.03. The Balaban J connectivity index is 1.43. The number of hydrogen-bond donors (Lipinski definition) is 2. The fourth-order valence-corrected chi connectivity index (χ4v) is 4.61. The van der Waals surface area contributed by atoms with E-state index in [1.165, 1.54) is 0 Å². The molecule has 1 aromatic carbocycles. The molecule has 0 spiro atoms. The summed E-state index contributed by atoms with van der Waals surface area (Å²) < 4.78 is 20.2. The molecule has 0 bridgehead atoms. The van der Waals surface area contributed by atoms with Crippen LogP contribution in [0.1, 0.15) is 33.6 Å². The van der Waals surface area contributed by atoms with Crippen LogP contribution in [-0.2, 0) is 9.53 Å². The van der Waals surface area contributed by atoms with Crippen molar-refractivity contribution in [2.45, 2.75) is 39.2 Å². The fourth-order valence-electron chi connectivity index (χ4n) is 3.25. The first kappa shape index (κ1) is 22.9. The van der Waals surface area contributed by atoms with Crippen LogP contribution in [-0.4, -0.2) is 53.7 Å². The van der Waals surface area contributed by atoms with Gasteiger partial charge in [0.25, 0.3) is 0 Å². The Labute approximate surface area is 187 Å². The molecule has 1 saturated heterocycles. The molecule has 30 heavy (non-hydrogen) atoms. The monoisotopic (exact) mass is 500 g/mol. The van der Waals surface area contributed by atoms with E-state index in [0.717, 1.165) is 37.3 Å². The number of carbonyl (C=O) groups excluding carboxylic acids is 2. The molecule has 2 heterocycles. The molecule has 1 aliphatic heterocycles. The van der Waals surface area contributed by atoms with Crippen molar-refractivity contribution in [2.75, 3.05) is 31.5 Å². The number of nitrogens with zero attached hydrogens (tertiary/aromatic N) is 2. The Hall–Kier alpha value is -1.78. The number of aromatic nitrogens is 1. The number of fused-ring (bicyclic) bond motifs is 1. The number of carbonyl (C=O) groups is 2. The molecule has 0 saturated carbocycles. The molecule has 1 aliphatic rings. The molecule has 10 heteroatoms. The molecular weight excluding hydrogens is 475 g/mol. The second-order valence-corrected chi connectivity index (χ2v) is 10.1. The van der Waals surface area contributed by atoms with Crippen molar-refractivity contribution >= 4 is 54.6 Å². The largest absolute Gasteiger partial charge is 0.444 e. The van der Waals surface area contributed by atoms with Gasteiger partial charge in [0.05, 0.1) is 14.7 Å². The highest BCUT2D eigenvalue weighted by Gasteiger charge is 2.26. The van der Waals surface area contributed by atoms with Crippen LogP contribution < -0.4 is 10.6 Å². The van der Waals surface area contributed by atoms with Gasteiger partial charge in [-0.2, -0.15) is 0 Å². The van der Waals surface area contributed by atoms with E-state index in [-0.39, 0.29) is 17.6 Å². The minimum Gasteiger partial charge on any atom is -0.444 e. The molecule has 0 radical (unpaired) electrons. The van der Waals surface area contributed by atoms with Gasteiger partial charge in [-0.25, -0.2) is 14.2 Å². The number of anilines is 1. The van der Waals surface area contributed by atoms with Gasteiger partial charge in [0.2, 0.25) is 5.91 Å². The predicted molar refractivity (Wildman–Crippen MR) is 119 cm³/mol. The number of likely N-dealkylation sites (tertiary alicyclic amines) is 1. The lowest BCUT2D eigenvalue weighted by atomic mass is 9.96. The first-order chi connectivity index (χ1) is 14.1. The summed E-state index contributed by atoms with van der Waals surface area (Å²) in [5.74, 6) is -0.553. The minimum atomic E-state index is -0.513. The molecule has 7 nitrogen and oxygen atoms in total. The van der Waals surface area contributed by atoms with Crippen molar-refractivity contribution in [3.63, 3.8) is 0 Å². The minimum absolute atomic E-state index is 0.0833. The third-order valence-electron chi connectivity index (χ3n) is 4.73. The second kappa shape index (κ2) is 9.57. The first-order valence-electron chi connectivity index (χ1n) is 9.87.